The van der Waals surface area contributed by atoms with E-state index in [-0.39, 0.29) is 23.2 Å². The molecule has 150 valence electrons. The van der Waals surface area contributed by atoms with Gasteiger partial charge in [-0.05, 0) is 38.1 Å². The molecule has 0 aliphatic carbocycles. The van der Waals surface area contributed by atoms with Gasteiger partial charge in [0.25, 0.3) is 5.56 Å². The van der Waals surface area contributed by atoms with Crippen LogP contribution in [0.1, 0.15) is 12.5 Å². The lowest BCUT2D eigenvalue weighted by Gasteiger charge is -2.16. The van der Waals surface area contributed by atoms with Crippen molar-refractivity contribution in [3.63, 3.8) is 0 Å². The van der Waals surface area contributed by atoms with E-state index >= 15 is 0 Å². The summed E-state index contributed by atoms with van der Waals surface area (Å²) in [5.41, 5.74) is 1.94. The van der Waals surface area contributed by atoms with Crippen molar-refractivity contribution in [1.29, 1.82) is 0 Å². The molecule has 0 unspecified atom stereocenters. The van der Waals surface area contributed by atoms with Gasteiger partial charge in [-0.1, -0.05) is 41.6 Å². The van der Waals surface area contributed by atoms with Crippen LogP contribution in [0.15, 0.2) is 58.5 Å². The van der Waals surface area contributed by atoms with E-state index in [4.69, 9.17) is 4.74 Å². The molecule has 8 heteroatoms. The maximum Gasteiger partial charge on any atom is 0.325 e. The Kier molecular flexibility index (Phi) is 6.33. The van der Waals surface area contributed by atoms with Crippen molar-refractivity contribution in [1.82, 2.24) is 9.55 Å². The summed E-state index contributed by atoms with van der Waals surface area (Å²) in [5.74, 6) is -0.798. The molecule has 1 heterocycles. The number of carbonyl (C=O) groups excluding carboxylic acids is 2. The molecule has 3 rings (SSSR count). The lowest BCUT2D eigenvalue weighted by molar-refractivity contribution is -0.141. The fourth-order valence-corrected chi connectivity index (χ4v) is 3.57. The summed E-state index contributed by atoms with van der Waals surface area (Å²) in [7, 11) is 1.26. The second kappa shape index (κ2) is 8.91. The second-order valence-corrected chi connectivity index (χ2v) is 7.80. The molecule has 1 aromatic heterocycles. The number of hydrogen-bond donors (Lipinski definition) is 1. The molecule has 7 nitrogen and oxygen atoms in total. The lowest BCUT2D eigenvalue weighted by Crippen LogP contribution is -2.29. The standard InChI is InChI=1S/C21H21N3O4S/c1-13-8-10-15(11-9-13)22-19(26)14(2)29-21-23-17-7-5-4-6-16(17)20(27)24(21)12-18(25)28-3/h4-11,14H,12H2,1-3H3,(H,22,26)/t14-/m0/s1. The van der Waals surface area contributed by atoms with E-state index in [2.05, 4.69) is 10.3 Å². The molecule has 3 aromatic rings. The number of methoxy groups -OCH3 is 1. The zero-order valence-electron chi connectivity index (χ0n) is 16.3. The number of para-hydroxylation sites is 1. The fraction of sp³-hybridized carbons (Fsp3) is 0.238. The minimum absolute atomic E-state index is 0.231. The number of aryl methyl sites for hydroxylation is 1. The van der Waals surface area contributed by atoms with E-state index in [1.54, 1.807) is 31.2 Å². The predicted molar refractivity (Wildman–Crippen MR) is 113 cm³/mol. The molecular weight excluding hydrogens is 390 g/mol. The zero-order valence-corrected chi connectivity index (χ0v) is 17.2. The van der Waals surface area contributed by atoms with Gasteiger partial charge in [-0.15, -0.1) is 0 Å². The third-order valence-electron chi connectivity index (χ3n) is 4.31. The van der Waals surface area contributed by atoms with Gasteiger partial charge in [0.1, 0.15) is 6.54 Å². The summed E-state index contributed by atoms with van der Waals surface area (Å²) in [5, 5.41) is 2.98. The van der Waals surface area contributed by atoms with Gasteiger partial charge < -0.3 is 10.1 Å². The van der Waals surface area contributed by atoms with Crippen LogP contribution in [0.25, 0.3) is 10.9 Å². The third-order valence-corrected chi connectivity index (χ3v) is 5.40. The zero-order chi connectivity index (χ0) is 21.0. The molecule has 0 aliphatic rings. The largest absolute Gasteiger partial charge is 0.468 e. The smallest absolute Gasteiger partial charge is 0.325 e. The SMILES string of the molecule is COC(=O)Cn1c(S[C@@H](C)C(=O)Nc2ccc(C)cc2)nc2ccccc2c1=O. The van der Waals surface area contributed by atoms with Crippen LogP contribution in [0.2, 0.25) is 0 Å². The number of fused-ring (bicyclic) bond motifs is 1. The Labute approximate surface area is 172 Å². The van der Waals surface area contributed by atoms with Crippen LogP contribution in [0.5, 0.6) is 0 Å². The van der Waals surface area contributed by atoms with Gasteiger partial charge >= 0.3 is 5.97 Å². The lowest BCUT2D eigenvalue weighted by atomic mass is 10.2. The first-order valence-electron chi connectivity index (χ1n) is 8.99. The normalized spacial score (nSPS) is 11.8. The number of ether oxygens (including phenoxy) is 1. The van der Waals surface area contributed by atoms with Crippen LogP contribution >= 0.6 is 11.8 Å². The number of esters is 1. The van der Waals surface area contributed by atoms with E-state index in [9.17, 15) is 14.4 Å². The van der Waals surface area contributed by atoms with Gasteiger partial charge in [-0.2, -0.15) is 0 Å². The highest BCUT2D eigenvalue weighted by atomic mass is 32.2. The molecule has 1 N–H and O–H groups in total. The summed E-state index contributed by atoms with van der Waals surface area (Å²) in [4.78, 5) is 41.8. The number of amides is 1. The minimum Gasteiger partial charge on any atom is -0.468 e. The van der Waals surface area contributed by atoms with Crippen LogP contribution in [0.4, 0.5) is 5.69 Å². The van der Waals surface area contributed by atoms with E-state index < -0.39 is 11.2 Å². The molecule has 1 atom stereocenters. The van der Waals surface area contributed by atoms with Gasteiger partial charge in [0.15, 0.2) is 5.16 Å². The predicted octanol–water partition coefficient (Wildman–Crippen LogP) is 3.00. The average molecular weight is 411 g/mol. The first-order chi connectivity index (χ1) is 13.9. The number of anilines is 1. The molecule has 1 amide bonds. The summed E-state index contributed by atoms with van der Waals surface area (Å²) in [6.07, 6.45) is 0. The highest BCUT2D eigenvalue weighted by molar-refractivity contribution is 8.00. The second-order valence-electron chi connectivity index (χ2n) is 6.49. The van der Waals surface area contributed by atoms with Gasteiger partial charge in [-0.3, -0.25) is 19.0 Å². The topological polar surface area (TPSA) is 90.3 Å². The first kappa shape index (κ1) is 20.6. The number of rotatable bonds is 6. The van der Waals surface area contributed by atoms with Crippen molar-refractivity contribution in [2.75, 3.05) is 12.4 Å². The number of nitrogens with one attached hydrogen (secondary N) is 1. The Hall–Kier alpha value is -3.13. The Balaban J connectivity index is 1.89. The Morgan fingerprint density at radius 1 is 1.17 bits per heavy atom. The Morgan fingerprint density at radius 2 is 1.86 bits per heavy atom. The number of nitrogens with zero attached hydrogens (tertiary/aromatic N) is 2. The van der Waals surface area contributed by atoms with E-state index in [1.807, 2.05) is 31.2 Å². The molecule has 0 bridgehead atoms. The number of thioether (sulfide) groups is 1. The molecule has 0 aliphatic heterocycles. The van der Waals surface area contributed by atoms with Crippen molar-refractivity contribution in [2.24, 2.45) is 0 Å². The van der Waals surface area contributed by atoms with Crippen LogP contribution in [0, 0.1) is 6.92 Å². The van der Waals surface area contributed by atoms with Crippen LogP contribution in [0.3, 0.4) is 0 Å². The number of benzene rings is 2. The summed E-state index contributed by atoms with van der Waals surface area (Å²) in [6.45, 7) is 3.41. The first-order valence-corrected chi connectivity index (χ1v) is 9.87. The van der Waals surface area contributed by atoms with Crippen LogP contribution in [-0.2, 0) is 20.9 Å². The number of aromatic nitrogens is 2. The maximum atomic E-state index is 12.9. The number of carbonyl (C=O) groups is 2. The van der Waals surface area contributed by atoms with Crippen molar-refractivity contribution in [3.05, 3.63) is 64.4 Å². The molecule has 0 fully saturated rings. The highest BCUT2D eigenvalue weighted by Crippen LogP contribution is 2.24. The molecule has 0 saturated heterocycles. The molecule has 0 radical (unpaired) electrons. The number of hydrogen-bond acceptors (Lipinski definition) is 6. The van der Waals surface area contributed by atoms with Crippen molar-refractivity contribution < 1.29 is 14.3 Å². The molecule has 29 heavy (non-hydrogen) atoms. The summed E-state index contributed by atoms with van der Waals surface area (Å²) in [6, 6.07) is 14.4. The Bertz CT molecular complexity index is 1110. The molecule has 0 spiro atoms. The van der Waals surface area contributed by atoms with Crippen molar-refractivity contribution in [3.8, 4) is 0 Å². The monoisotopic (exact) mass is 411 g/mol. The van der Waals surface area contributed by atoms with Crippen LogP contribution in [-0.4, -0.2) is 33.8 Å². The van der Waals surface area contributed by atoms with Gasteiger partial charge in [0, 0.05) is 5.69 Å². The van der Waals surface area contributed by atoms with Gasteiger partial charge in [-0.25, -0.2) is 4.98 Å². The highest BCUT2D eigenvalue weighted by Gasteiger charge is 2.21. The summed E-state index contributed by atoms with van der Waals surface area (Å²) < 4.78 is 5.95. The quantitative estimate of drug-likeness (QED) is 0.381. The van der Waals surface area contributed by atoms with E-state index in [0.29, 0.717) is 16.6 Å². The molecular formula is C21H21N3O4S. The van der Waals surface area contributed by atoms with Gasteiger partial charge in [0.2, 0.25) is 5.91 Å². The minimum atomic E-state index is -0.567. The van der Waals surface area contributed by atoms with E-state index in [1.165, 1.54) is 11.7 Å². The third kappa shape index (κ3) is 4.83. The fourth-order valence-electron chi connectivity index (χ4n) is 2.66. The van der Waals surface area contributed by atoms with Crippen LogP contribution < -0.4 is 10.9 Å². The van der Waals surface area contributed by atoms with Crippen molar-refractivity contribution in [2.45, 2.75) is 30.8 Å². The Morgan fingerprint density at radius 3 is 2.55 bits per heavy atom. The van der Waals surface area contributed by atoms with Crippen molar-refractivity contribution >= 4 is 40.2 Å². The maximum absolute atomic E-state index is 12.9. The molecule has 2 aromatic carbocycles. The average Bonchev–Trinajstić information content (AvgIpc) is 2.72. The molecule has 0 saturated carbocycles. The van der Waals surface area contributed by atoms with E-state index in [0.717, 1.165) is 17.3 Å². The van der Waals surface area contributed by atoms with Gasteiger partial charge in [0.05, 0.1) is 23.3 Å². The summed E-state index contributed by atoms with van der Waals surface area (Å²) >= 11 is 1.11.